The molecule has 1 saturated carbocycles. The van der Waals surface area contributed by atoms with Crippen molar-refractivity contribution in [3.05, 3.63) is 41.7 Å². The number of carbonyl (C=O) groups excluding carboxylic acids is 2. The Balaban J connectivity index is 1.65. The van der Waals surface area contributed by atoms with E-state index in [0.29, 0.717) is 36.2 Å². The molecule has 0 aliphatic heterocycles. The zero-order valence-corrected chi connectivity index (χ0v) is 19.6. The van der Waals surface area contributed by atoms with Gasteiger partial charge in [0, 0.05) is 26.0 Å². The molecule has 1 aliphatic rings. The lowest BCUT2D eigenvalue weighted by Crippen LogP contribution is -2.41. The Kier molecular flexibility index (Phi) is 9.08. The van der Waals surface area contributed by atoms with Crippen LogP contribution in [-0.4, -0.2) is 57.7 Å². The highest BCUT2D eigenvalue weighted by molar-refractivity contribution is 5.80. The van der Waals surface area contributed by atoms with Gasteiger partial charge in [-0.2, -0.15) is 4.39 Å². The summed E-state index contributed by atoms with van der Waals surface area (Å²) in [6.07, 6.45) is 9.14. The fourth-order valence-corrected chi connectivity index (χ4v) is 4.24. The van der Waals surface area contributed by atoms with E-state index in [1.807, 2.05) is 12.1 Å². The molecule has 0 aromatic carbocycles. The molecule has 3 rings (SSSR count). The minimum absolute atomic E-state index is 0.114. The quantitative estimate of drug-likeness (QED) is 0.244. The molecule has 34 heavy (non-hydrogen) atoms. The molecule has 1 fully saturated rings. The summed E-state index contributed by atoms with van der Waals surface area (Å²) >= 11 is 0. The second kappa shape index (κ2) is 12.2. The molecule has 0 radical (unpaired) electrons. The largest absolute Gasteiger partial charge is 0.357 e. The molecule has 1 unspecified atom stereocenters. The Bertz CT molecular complexity index is 957. The Morgan fingerprint density at radius 2 is 2.00 bits per heavy atom. The van der Waals surface area contributed by atoms with Crippen molar-refractivity contribution in [2.45, 2.75) is 45.4 Å². The third kappa shape index (κ3) is 7.08. The summed E-state index contributed by atoms with van der Waals surface area (Å²) < 4.78 is 15.2. The molecule has 0 bridgehead atoms. The number of nitrogens with zero attached hydrogens (tertiary/aromatic N) is 5. The smallest absolute Gasteiger partial charge is 0.243 e. The fourth-order valence-electron chi connectivity index (χ4n) is 4.24. The van der Waals surface area contributed by atoms with Gasteiger partial charge in [-0.3, -0.25) is 30.6 Å². The first-order valence-electron chi connectivity index (χ1n) is 11.5. The Morgan fingerprint density at radius 3 is 2.68 bits per heavy atom. The SMILES string of the molecule is Cc1nc(NNC(=O)C(CC2CCCC2)CN(O)C=O)c(F)c(N(C)CCc2ccncc2)n1. The van der Waals surface area contributed by atoms with Gasteiger partial charge >= 0.3 is 0 Å². The van der Waals surface area contributed by atoms with Gasteiger partial charge in [-0.25, -0.2) is 15.0 Å². The molecule has 2 heterocycles. The number of likely N-dealkylation sites (N-methyl/N-ethyl adjacent to an activating group) is 1. The highest BCUT2D eigenvalue weighted by Crippen LogP contribution is 2.30. The van der Waals surface area contributed by atoms with Crippen molar-refractivity contribution in [1.82, 2.24) is 25.4 Å². The number of hydrogen-bond acceptors (Lipinski definition) is 8. The molecule has 1 atom stereocenters. The van der Waals surface area contributed by atoms with E-state index in [9.17, 15) is 14.8 Å². The number of halogens is 1. The predicted molar refractivity (Wildman–Crippen MR) is 124 cm³/mol. The molecule has 2 aromatic heterocycles. The summed E-state index contributed by atoms with van der Waals surface area (Å²) in [5.74, 6) is -1.11. The third-order valence-corrected chi connectivity index (χ3v) is 6.09. The second-order valence-corrected chi connectivity index (χ2v) is 8.71. The van der Waals surface area contributed by atoms with E-state index in [1.165, 1.54) is 0 Å². The summed E-state index contributed by atoms with van der Waals surface area (Å²) in [5, 5.41) is 10.1. The molecule has 0 saturated heterocycles. The number of amides is 2. The van der Waals surface area contributed by atoms with Crippen molar-refractivity contribution in [3.63, 3.8) is 0 Å². The number of rotatable bonds is 12. The average molecular weight is 474 g/mol. The van der Waals surface area contributed by atoms with E-state index in [1.54, 1.807) is 31.3 Å². The number of aromatic nitrogens is 3. The topological polar surface area (TPSA) is 124 Å². The standard InChI is InChI=1S/C23H32FN7O3/c1-16-26-21(20(24)22(27-16)30(2)12-9-17-7-10-25-11-8-17)28-29-23(33)19(14-31(34)15-32)13-18-5-3-4-6-18/h7-8,10-11,15,18-19,34H,3-6,9,12-14H2,1-2H3,(H,29,33)(H,26,27,28). The minimum atomic E-state index is -0.688. The second-order valence-electron chi connectivity index (χ2n) is 8.71. The van der Waals surface area contributed by atoms with Gasteiger partial charge in [-0.05, 0) is 43.4 Å². The summed E-state index contributed by atoms with van der Waals surface area (Å²) in [5.41, 5.74) is 6.14. The molecule has 3 N–H and O–H groups in total. The van der Waals surface area contributed by atoms with Crippen molar-refractivity contribution in [1.29, 1.82) is 0 Å². The first-order chi connectivity index (χ1) is 16.4. The lowest BCUT2D eigenvalue weighted by molar-refractivity contribution is -0.154. The molecule has 10 nitrogen and oxygen atoms in total. The van der Waals surface area contributed by atoms with Crippen LogP contribution < -0.4 is 15.8 Å². The van der Waals surface area contributed by atoms with E-state index in [-0.39, 0.29) is 24.6 Å². The highest BCUT2D eigenvalue weighted by atomic mass is 19.1. The molecular formula is C23H32FN7O3. The first kappa shape index (κ1) is 25.3. The number of carbonyl (C=O) groups is 2. The number of hydrogen-bond donors (Lipinski definition) is 3. The maximum absolute atomic E-state index is 15.2. The lowest BCUT2D eigenvalue weighted by atomic mass is 9.92. The van der Waals surface area contributed by atoms with Crippen LogP contribution in [0.1, 0.15) is 43.5 Å². The van der Waals surface area contributed by atoms with E-state index in [2.05, 4.69) is 25.8 Å². The van der Waals surface area contributed by atoms with Crippen molar-refractivity contribution < 1.29 is 19.2 Å². The summed E-state index contributed by atoms with van der Waals surface area (Å²) in [4.78, 5) is 37.7. The average Bonchev–Trinajstić information content (AvgIpc) is 3.35. The van der Waals surface area contributed by atoms with Crippen molar-refractivity contribution >= 4 is 24.0 Å². The molecule has 2 amide bonds. The van der Waals surface area contributed by atoms with Crippen molar-refractivity contribution in [2.24, 2.45) is 11.8 Å². The Hall–Kier alpha value is -3.34. The summed E-state index contributed by atoms with van der Waals surface area (Å²) in [6, 6.07) is 3.80. The van der Waals surface area contributed by atoms with Crippen LogP contribution in [0.4, 0.5) is 16.0 Å². The number of hydroxylamine groups is 2. The maximum Gasteiger partial charge on any atom is 0.243 e. The van der Waals surface area contributed by atoms with Gasteiger partial charge in [0.25, 0.3) is 0 Å². The minimum Gasteiger partial charge on any atom is -0.357 e. The van der Waals surface area contributed by atoms with Crippen LogP contribution in [0.25, 0.3) is 0 Å². The molecule has 1 aliphatic carbocycles. The summed E-state index contributed by atoms with van der Waals surface area (Å²) in [7, 11) is 1.74. The normalized spacial score (nSPS) is 14.5. The van der Waals surface area contributed by atoms with E-state index >= 15 is 4.39 Å². The number of pyridine rings is 1. The first-order valence-corrected chi connectivity index (χ1v) is 11.5. The van der Waals surface area contributed by atoms with Crippen LogP contribution in [-0.2, 0) is 16.0 Å². The Labute approximate surface area is 198 Å². The van der Waals surface area contributed by atoms with Crippen LogP contribution in [0, 0.1) is 24.6 Å². The van der Waals surface area contributed by atoms with Crippen LogP contribution in [0.2, 0.25) is 0 Å². The number of hydrazine groups is 1. The summed E-state index contributed by atoms with van der Waals surface area (Å²) in [6.45, 7) is 2.02. The molecular weight excluding hydrogens is 441 g/mol. The van der Waals surface area contributed by atoms with E-state index in [4.69, 9.17) is 0 Å². The zero-order chi connectivity index (χ0) is 24.5. The fraction of sp³-hybridized carbons (Fsp3) is 0.522. The molecule has 11 heteroatoms. The van der Waals surface area contributed by atoms with E-state index in [0.717, 1.165) is 31.2 Å². The lowest BCUT2D eigenvalue weighted by Gasteiger charge is -2.23. The molecule has 184 valence electrons. The van der Waals surface area contributed by atoms with Gasteiger partial charge in [0.05, 0.1) is 12.5 Å². The number of anilines is 2. The molecule has 2 aromatic rings. The number of nitrogens with one attached hydrogen (secondary N) is 2. The van der Waals surface area contributed by atoms with E-state index < -0.39 is 17.6 Å². The molecule has 0 spiro atoms. The van der Waals surface area contributed by atoms with Gasteiger partial charge in [0.2, 0.25) is 18.1 Å². The monoisotopic (exact) mass is 473 g/mol. The van der Waals surface area contributed by atoms with Gasteiger partial charge in [0.15, 0.2) is 11.6 Å². The van der Waals surface area contributed by atoms with Crippen LogP contribution >= 0.6 is 0 Å². The van der Waals surface area contributed by atoms with Gasteiger partial charge in [-0.15, -0.1) is 0 Å². The highest BCUT2D eigenvalue weighted by Gasteiger charge is 2.27. The zero-order valence-electron chi connectivity index (χ0n) is 19.6. The predicted octanol–water partition coefficient (Wildman–Crippen LogP) is 2.49. The maximum atomic E-state index is 15.2. The van der Waals surface area contributed by atoms with Crippen LogP contribution in [0.15, 0.2) is 24.5 Å². The number of aryl methyl sites for hydroxylation is 1. The van der Waals surface area contributed by atoms with Crippen LogP contribution in [0.5, 0.6) is 0 Å². The van der Waals surface area contributed by atoms with Gasteiger partial charge in [-0.1, -0.05) is 25.7 Å². The van der Waals surface area contributed by atoms with Gasteiger partial charge < -0.3 is 4.90 Å². The third-order valence-electron chi connectivity index (χ3n) is 6.09. The van der Waals surface area contributed by atoms with Crippen molar-refractivity contribution in [3.8, 4) is 0 Å². The Morgan fingerprint density at radius 1 is 1.29 bits per heavy atom. The van der Waals surface area contributed by atoms with Crippen LogP contribution in [0.3, 0.4) is 0 Å². The van der Waals surface area contributed by atoms with Gasteiger partial charge in [0.1, 0.15) is 5.82 Å². The van der Waals surface area contributed by atoms with Crippen molar-refractivity contribution in [2.75, 3.05) is 30.5 Å².